The van der Waals surface area contributed by atoms with Crippen LogP contribution in [0, 0.1) is 5.82 Å². The van der Waals surface area contributed by atoms with Crippen LogP contribution in [-0.2, 0) is 6.42 Å². The van der Waals surface area contributed by atoms with Gasteiger partial charge in [-0.2, -0.15) is 5.10 Å². The molecule has 102 valence electrons. The summed E-state index contributed by atoms with van der Waals surface area (Å²) < 4.78 is 15.5. The van der Waals surface area contributed by atoms with E-state index in [2.05, 4.69) is 5.10 Å². The van der Waals surface area contributed by atoms with E-state index in [0.29, 0.717) is 11.1 Å². The Labute approximate surface area is 120 Å². The van der Waals surface area contributed by atoms with Crippen LogP contribution in [0.15, 0.2) is 48.8 Å². The molecule has 3 rings (SSSR count). The minimum atomic E-state index is -0.831. The molecule has 0 aliphatic rings. The van der Waals surface area contributed by atoms with Crippen LogP contribution in [-0.4, -0.2) is 14.7 Å². The highest BCUT2D eigenvalue weighted by Gasteiger charge is 2.16. The lowest BCUT2D eigenvalue weighted by molar-refractivity contribution is 0.178. The maximum atomic E-state index is 13.9. The van der Waals surface area contributed by atoms with Gasteiger partial charge in [0, 0.05) is 18.2 Å². The van der Waals surface area contributed by atoms with Gasteiger partial charge in [0.05, 0.1) is 22.8 Å². The highest BCUT2D eigenvalue weighted by Crippen LogP contribution is 2.26. The molecule has 2 aromatic heterocycles. The number of aliphatic hydroxyl groups is 1. The highest BCUT2D eigenvalue weighted by molar-refractivity contribution is 6.30. The predicted molar refractivity (Wildman–Crippen MR) is 75.3 cm³/mol. The molecule has 0 bridgehead atoms. The van der Waals surface area contributed by atoms with Crippen molar-refractivity contribution < 1.29 is 9.50 Å². The molecule has 0 radical (unpaired) electrons. The Morgan fingerprint density at radius 2 is 2.10 bits per heavy atom. The van der Waals surface area contributed by atoms with Crippen molar-refractivity contribution in [2.24, 2.45) is 0 Å². The summed E-state index contributed by atoms with van der Waals surface area (Å²) in [4.78, 5) is 0. The van der Waals surface area contributed by atoms with Crippen molar-refractivity contribution >= 4 is 17.1 Å². The van der Waals surface area contributed by atoms with E-state index in [1.807, 2.05) is 18.2 Å². The number of hydrogen-bond acceptors (Lipinski definition) is 2. The third-order valence-corrected chi connectivity index (χ3v) is 3.55. The van der Waals surface area contributed by atoms with Crippen LogP contribution in [0.2, 0.25) is 5.02 Å². The zero-order valence-electron chi connectivity index (χ0n) is 10.5. The maximum absolute atomic E-state index is 13.9. The number of pyridine rings is 1. The normalized spacial score (nSPS) is 12.8. The van der Waals surface area contributed by atoms with Crippen LogP contribution in [0.5, 0.6) is 0 Å². The molecule has 2 heterocycles. The topological polar surface area (TPSA) is 37.5 Å². The molecular formula is C15H12ClFN2O. The molecule has 1 aromatic carbocycles. The lowest BCUT2D eigenvalue weighted by Crippen LogP contribution is -2.03. The minimum absolute atomic E-state index is 0.0644. The van der Waals surface area contributed by atoms with E-state index < -0.39 is 11.9 Å². The number of benzene rings is 1. The first-order valence-electron chi connectivity index (χ1n) is 6.20. The molecule has 0 spiro atoms. The van der Waals surface area contributed by atoms with E-state index in [1.165, 1.54) is 6.07 Å². The van der Waals surface area contributed by atoms with Gasteiger partial charge in [-0.3, -0.25) is 0 Å². The first-order chi connectivity index (χ1) is 9.66. The second-order valence-electron chi connectivity index (χ2n) is 4.56. The Morgan fingerprint density at radius 1 is 1.25 bits per heavy atom. The van der Waals surface area contributed by atoms with Crippen molar-refractivity contribution in [2.45, 2.75) is 12.5 Å². The molecule has 0 aliphatic heterocycles. The molecule has 0 aliphatic carbocycles. The predicted octanol–water partition coefficient (Wildman–Crippen LogP) is 3.40. The molecule has 0 amide bonds. The number of aromatic nitrogens is 2. The molecule has 3 nitrogen and oxygen atoms in total. The largest absolute Gasteiger partial charge is 0.388 e. The van der Waals surface area contributed by atoms with Gasteiger partial charge in [-0.05, 0) is 23.8 Å². The van der Waals surface area contributed by atoms with Gasteiger partial charge in [0.2, 0.25) is 0 Å². The van der Waals surface area contributed by atoms with Crippen LogP contribution in [0.3, 0.4) is 0 Å². The molecule has 5 heteroatoms. The fraction of sp³-hybridized carbons (Fsp3) is 0.133. The molecule has 0 saturated heterocycles. The SMILES string of the molecule is OC(Cc1cccc(Cl)c1F)c1cnn2ccccc12. The van der Waals surface area contributed by atoms with Crippen molar-refractivity contribution in [3.8, 4) is 0 Å². The third-order valence-electron chi connectivity index (χ3n) is 3.26. The summed E-state index contributed by atoms with van der Waals surface area (Å²) in [5.74, 6) is -0.482. The smallest absolute Gasteiger partial charge is 0.145 e. The fourth-order valence-corrected chi connectivity index (χ4v) is 2.43. The van der Waals surface area contributed by atoms with Gasteiger partial charge in [-0.15, -0.1) is 0 Å². The van der Waals surface area contributed by atoms with Gasteiger partial charge < -0.3 is 5.11 Å². The van der Waals surface area contributed by atoms with E-state index >= 15 is 0 Å². The van der Waals surface area contributed by atoms with Crippen molar-refractivity contribution in [3.05, 3.63) is 70.8 Å². The minimum Gasteiger partial charge on any atom is -0.388 e. The Bertz CT molecular complexity index is 756. The molecule has 1 unspecified atom stereocenters. The number of nitrogens with zero attached hydrogens (tertiary/aromatic N) is 2. The summed E-state index contributed by atoms with van der Waals surface area (Å²) in [6.45, 7) is 0. The second-order valence-corrected chi connectivity index (χ2v) is 4.97. The van der Waals surface area contributed by atoms with Crippen molar-refractivity contribution in [1.29, 1.82) is 0 Å². The summed E-state index contributed by atoms with van der Waals surface area (Å²) in [7, 11) is 0. The number of rotatable bonds is 3. The van der Waals surface area contributed by atoms with E-state index in [-0.39, 0.29) is 11.4 Å². The van der Waals surface area contributed by atoms with Crippen molar-refractivity contribution in [2.75, 3.05) is 0 Å². The molecule has 1 atom stereocenters. The lowest BCUT2D eigenvalue weighted by atomic mass is 10.0. The van der Waals surface area contributed by atoms with Crippen LogP contribution in [0.4, 0.5) is 4.39 Å². The Morgan fingerprint density at radius 3 is 2.95 bits per heavy atom. The first-order valence-corrected chi connectivity index (χ1v) is 6.58. The third kappa shape index (κ3) is 2.28. The van der Waals surface area contributed by atoms with Crippen LogP contribution in [0.25, 0.3) is 5.52 Å². The van der Waals surface area contributed by atoms with Crippen molar-refractivity contribution in [3.63, 3.8) is 0 Å². The summed E-state index contributed by atoms with van der Waals surface area (Å²) >= 11 is 5.74. The standard InChI is InChI=1S/C15H12ClFN2O/c16-12-5-3-4-10(15(12)17)8-14(20)11-9-18-19-7-2-1-6-13(11)19/h1-7,9,14,20H,8H2. The zero-order chi connectivity index (χ0) is 14.1. The Balaban J connectivity index is 1.93. The Hall–Kier alpha value is -1.91. The van der Waals surface area contributed by atoms with Gasteiger partial charge in [-0.1, -0.05) is 29.8 Å². The second kappa shape index (κ2) is 5.23. The molecule has 0 saturated carbocycles. The number of fused-ring (bicyclic) bond motifs is 1. The summed E-state index contributed by atoms with van der Waals surface area (Å²) in [5.41, 5.74) is 1.87. The quantitative estimate of drug-likeness (QED) is 0.803. The lowest BCUT2D eigenvalue weighted by Gasteiger charge is -2.10. The number of halogens is 2. The molecule has 1 N–H and O–H groups in total. The fourth-order valence-electron chi connectivity index (χ4n) is 2.24. The number of aliphatic hydroxyl groups excluding tert-OH is 1. The molecule has 3 aromatic rings. The van der Waals surface area contributed by atoms with Crippen LogP contribution >= 0.6 is 11.6 Å². The van der Waals surface area contributed by atoms with Crippen LogP contribution < -0.4 is 0 Å². The van der Waals surface area contributed by atoms with E-state index in [1.54, 1.807) is 29.0 Å². The highest BCUT2D eigenvalue weighted by atomic mass is 35.5. The van der Waals surface area contributed by atoms with E-state index in [4.69, 9.17) is 11.6 Å². The monoisotopic (exact) mass is 290 g/mol. The maximum Gasteiger partial charge on any atom is 0.145 e. The molecule has 0 fully saturated rings. The number of hydrogen-bond donors (Lipinski definition) is 1. The summed E-state index contributed by atoms with van der Waals surface area (Å²) in [5, 5.41) is 14.5. The van der Waals surface area contributed by atoms with Crippen molar-refractivity contribution in [1.82, 2.24) is 9.61 Å². The van der Waals surface area contributed by atoms with E-state index in [9.17, 15) is 9.50 Å². The molecular weight excluding hydrogens is 279 g/mol. The van der Waals surface area contributed by atoms with Crippen LogP contribution in [0.1, 0.15) is 17.2 Å². The van der Waals surface area contributed by atoms with Gasteiger partial charge in [0.25, 0.3) is 0 Å². The van der Waals surface area contributed by atoms with E-state index in [0.717, 1.165) is 5.52 Å². The molecule has 20 heavy (non-hydrogen) atoms. The van der Waals surface area contributed by atoms with Gasteiger partial charge >= 0.3 is 0 Å². The summed E-state index contributed by atoms with van der Waals surface area (Å²) in [6.07, 6.45) is 2.72. The Kier molecular flexibility index (Phi) is 3.42. The average Bonchev–Trinajstić information content (AvgIpc) is 2.88. The van der Waals surface area contributed by atoms with Gasteiger partial charge in [-0.25, -0.2) is 8.91 Å². The average molecular weight is 291 g/mol. The summed E-state index contributed by atoms with van der Waals surface area (Å²) in [6, 6.07) is 10.4. The van der Waals surface area contributed by atoms with Gasteiger partial charge in [0.15, 0.2) is 0 Å². The first kappa shape index (κ1) is 13.1. The zero-order valence-corrected chi connectivity index (χ0v) is 11.3. The van der Waals surface area contributed by atoms with Gasteiger partial charge in [0.1, 0.15) is 5.82 Å².